The normalized spacial score (nSPS) is 22.9. The van der Waals surface area contributed by atoms with Gasteiger partial charge in [0, 0.05) is 12.1 Å². The molecule has 2 aliphatic heterocycles. The molecule has 2 N–H and O–H groups in total. The van der Waals surface area contributed by atoms with E-state index in [4.69, 9.17) is 15.2 Å². The number of hydrogen-bond donors (Lipinski definition) is 1. The number of fused-ring (bicyclic) bond motifs is 3. The van der Waals surface area contributed by atoms with Crippen LogP contribution in [0.15, 0.2) is 48.7 Å². The minimum absolute atomic E-state index is 0.448. The molecule has 150 valence electrons. The van der Waals surface area contributed by atoms with Crippen LogP contribution in [-0.2, 0) is 4.79 Å². The first-order valence-electron chi connectivity index (χ1n) is 9.40. The molecule has 0 aliphatic carbocycles. The fourth-order valence-corrected chi connectivity index (χ4v) is 4.74. The first-order chi connectivity index (χ1) is 14.5. The molecule has 0 spiro atoms. The van der Waals surface area contributed by atoms with Crippen molar-refractivity contribution in [1.82, 2.24) is 4.90 Å². The van der Waals surface area contributed by atoms with Crippen molar-refractivity contribution < 1.29 is 14.3 Å². The van der Waals surface area contributed by atoms with Gasteiger partial charge in [0.25, 0.3) is 0 Å². The van der Waals surface area contributed by atoms with E-state index in [1.807, 2.05) is 30.3 Å². The van der Waals surface area contributed by atoms with Gasteiger partial charge < -0.3 is 20.1 Å². The number of ether oxygens (including phenoxy) is 2. The van der Waals surface area contributed by atoms with Crippen LogP contribution in [0.25, 0.3) is 6.08 Å². The lowest BCUT2D eigenvalue weighted by molar-refractivity contribution is -0.122. The first-order valence-corrected chi connectivity index (χ1v) is 9.40. The number of nitrogens with two attached hydrogens (primary N) is 1. The maximum absolute atomic E-state index is 12.6. The molecule has 2 aromatic rings. The van der Waals surface area contributed by atoms with Gasteiger partial charge in [-0.05, 0) is 34.9 Å². The van der Waals surface area contributed by atoms with Gasteiger partial charge in [0.15, 0.2) is 16.9 Å². The fraction of sp³-hybridized carbons (Fsp3) is 0.261. The second kappa shape index (κ2) is 7.13. The number of nitriles is 2. The highest BCUT2D eigenvalue weighted by atomic mass is 16.5. The van der Waals surface area contributed by atoms with E-state index in [-0.39, 0.29) is 0 Å². The zero-order valence-electron chi connectivity index (χ0n) is 16.6. The Balaban J connectivity index is 1.98. The molecule has 30 heavy (non-hydrogen) atoms. The topological polar surface area (TPSA) is 112 Å². The van der Waals surface area contributed by atoms with E-state index in [2.05, 4.69) is 12.1 Å². The monoisotopic (exact) mass is 400 g/mol. The molecule has 2 aliphatic rings. The van der Waals surface area contributed by atoms with Gasteiger partial charge >= 0.3 is 0 Å². The third kappa shape index (κ3) is 2.53. The number of benzene rings is 2. The van der Waals surface area contributed by atoms with Crippen LogP contribution in [-0.4, -0.2) is 31.1 Å². The number of hydrogen-bond acceptors (Lipinski definition) is 6. The summed E-state index contributed by atoms with van der Waals surface area (Å²) in [6.07, 6.45) is 3.63. The van der Waals surface area contributed by atoms with Crippen molar-refractivity contribution in [2.75, 3.05) is 14.2 Å². The SMILES string of the molecule is COc1ccc([C@@H]2[C@@H](C(N)=O)N3C=Cc4ccccc4[C@@H]3C2(C#N)C#N)cc1OC. The Labute approximate surface area is 174 Å². The van der Waals surface area contributed by atoms with E-state index in [1.54, 1.807) is 29.3 Å². The number of amides is 1. The zero-order chi connectivity index (χ0) is 21.5. The van der Waals surface area contributed by atoms with Gasteiger partial charge in [0.2, 0.25) is 5.91 Å². The number of nitrogens with zero attached hydrogens (tertiary/aromatic N) is 3. The first kappa shape index (κ1) is 19.4. The molecule has 2 heterocycles. The molecule has 2 aromatic carbocycles. The van der Waals surface area contributed by atoms with Gasteiger partial charge in [0.05, 0.1) is 32.4 Å². The quantitative estimate of drug-likeness (QED) is 0.844. The van der Waals surface area contributed by atoms with Crippen molar-refractivity contribution in [1.29, 1.82) is 10.5 Å². The van der Waals surface area contributed by atoms with E-state index in [0.29, 0.717) is 17.1 Å². The molecule has 0 radical (unpaired) electrons. The van der Waals surface area contributed by atoms with Crippen molar-refractivity contribution in [3.63, 3.8) is 0 Å². The van der Waals surface area contributed by atoms with E-state index < -0.39 is 29.3 Å². The number of rotatable bonds is 4. The van der Waals surface area contributed by atoms with Crippen molar-refractivity contribution in [2.45, 2.75) is 18.0 Å². The maximum Gasteiger partial charge on any atom is 0.240 e. The third-order valence-electron chi connectivity index (χ3n) is 6.00. The summed E-state index contributed by atoms with van der Waals surface area (Å²) in [5, 5.41) is 20.6. The van der Waals surface area contributed by atoms with Crippen LogP contribution >= 0.6 is 0 Å². The molecule has 1 saturated heterocycles. The standard InChI is InChI=1S/C23H20N4O3/c1-29-17-8-7-15(11-18(17)30-2)19-20(22(26)28)27-10-9-14-5-3-4-6-16(14)21(27)23(19,12-24)13-25/h3-11,19-21H,1-2H3,(H2,26,28)/t19-,20+,21-/m1/s1. The van der Waals surface area contributed by atoms with Gasteiger partial charge in [-0.3, -0.25) is 4.79 Å². The van der Waals surface area contributed by atoms with Crippen LogP contribution in [0.3, 0.4) is 0 Å². The largest absolute Gasteiger partial charge is 0.493 e. The predicted octanol–water partition coefficient (Wildman–Crippen LogP) is 2.72. The summed E-state index contributed by atoms with van der Waals surface area (Å²) >= 11 is 0. The molecule has 1 amide bonds. The molecule has 4 rings (SSSR count). The van der Waals surface area contributed by atoms with E-state index in [0.717, 1.165) is 11.1 Å². The molecule has 0 aromatic heterocycles. The molecule has 7 nitrogen and oxygen atoms in total. The third-order valence-corrected chi connectivity index (χ3v) is 6.00. The fourth-order valence-electron chi connectivity index (χ4n) is 4.74. The lowest BCUT2D eigenvalue weighted by Crippen LogP contribution is -2.41. The molecule has 7 heteroatoms. The van der Waals surface area contributed by atoms with Gasteiger partial charge in [-0.15, -0.1) is 0 Å². The zero-order valence-corrected chi connectivity index (χ0v) is 16.6. The minimum atomic E-state index is -1.54. The van der Waals surface area contributed by atoms with Crippen molar-refractivity contribution in [3.8, 4) is 23.6 Å². The van der Waals surface area contributed by atoms with E-state index in [1.165, 1.54) is 14.2 Å². The summed E-state index contributed by atoms with van der Waals surface area (Å²) in [7, 11) is 3.03. The number of carbonyl (C=O) groups excluding carboxylic acids is 1. The summed E-state index contributed by atoms with van der Waals surface area (Å²) in [5.74, 6) is -0.428. The maximum atomic E-state index is 12.6. The average molecular weight is 400 g/mol. The smallest absolute Gasteiger partial charge is 0.240 e. The second-order valence-electron chi connectivity index (χ2n) is 7.33. The van der Waals surface area contributed by atoms with Crippen molar-refractivity contribution >= 4 is 12.0 Å². The lowest BCUT2D eigenvalue weighted by Gasteiger charge is -2.34. The molecule has 0 saturated carbocycles. The van der Waals surface area contributed by atoms with Crippen LogP contribution < -0.4 is 15.2 Å². The van der Waals surface area contributed by atoms with Gasteiger partial charge in [-0.25, -0.2) is 0 Å². The summed E-state index contributed by atoms with van der Waals surface area (Å²) in [6.45, 7) is 0. The summed E-state index contributed by atoms with van der Waals surface area (Å²) in [4.78, 5) is 14.4. The van der Waals surface area contributed by atoms with Gasteiger partial charge in [-0.1, -0.05) is 30.3 Å². The van der Waals surface area contributed by atoms with Crippen LogP contribution in [0.2, 0.25) is 0 Å². The molecular formula is C23H20N4O3. The van der Waals surface area contributed by atoms with Gasteiger partial charge in [-0.2, -0.15) is 10.5 Å². The minimum Gasteiger partial charge on any atom is -0.493 e. The predicted molar refractivity (Wildman–Crippen MR) is 109 cm³/mol. The van der Waals surface area contributed by atoms with E-state index in [9.17, 15) is 15.3 Å². The molecular weight excluding hydrogens is 380 g/mol. The Hall–Kier alpha value is -3.97. The van der Waals surface area contributed by atoms with Crippen LogP contribution in [0.4, 0.5) is 0 Å². The Morgan fingerprint density at radius 1 is 1.10 bits per heavy atom. The Morgan fingerprint density at radius 3 is 2.43 bits per heavy atom. The summed E-state index contributed by atoms with van der Waals surface area (Å²) < 4.78 is 10.7. The Bertz CT molecular complexity index is 1110. The Morgan fingerprint density at radius 2 is 1.80 bits per heavy atom. The number of methoxy groups -OCH3 is 2. The Kier molecular flexibility index (Phi) is 4.60. The highest BCUT2D eigenvalue weighted by Gasteiger charge is 2.63. The lowest BCUT2D eigenvalue weighted by atomic mass is 9.68. The number of primary amides is 1. The number of carbonyl (C=O) groups is 1. The second-order valence-corrected chi connectivity index (χ2v) is 7.33. The summed E-state index contributed by atoms with van der Waals surface area (Å²) in [5.41, 5.74) is 6.61. The van der Waals surface area contributed by atoms with Crippen LogP contribution in [0.5, 0.6) is 11.5 Å². The molecule has 0 unspecified atom stereocenters. The highest BCUT2D eigenvalue weighted by molar-refractivity contribution is 5.84. The molecule has 1 fully saturated rings. The van der Waals surface area contributed by atoms with Crippen molar-refractivity contribution in [2.24, 2.45) is 11.1 Å². The van der Waals surface area contributed by atoms with E-state index >= 15 is 0 Å². The average Bonchev–Trinajstić information content (AvgIpc) is 3.09. The van der Waals surface area contributed by atoms with Crippen LogP contribution in [0.1, 0.15) is 28.7 Å². The molecule has 3 atom stereocenters. The summed E-state index contributed by atoms with van der Waals surface area (Å²) in [6, 6.07) is 15.7. The van der Waals surface area contributed by atoms with Crippen LogP contribution in [0, 0.1) is 28.1 Å². The highest BCUT2D eigenvalue weighted by Crippen LogP contribution is 2.59. The molecule has 0 bridgehead atoms. The van der Waals surface area contributed by atoms with Crippen molar-refractivity contribution in [3.05, 3.63) is 65.4 Å². The van der Waals surface area contributed by atoms with Gasteiger partial charge in [0.1, 0.15) is 6.04 Å².